The van der Waals surface area contributed by atoms with Crippen LogP contribution in [-0.2, 0) is 6.54 Å². The Morgan fingerprint density at radius 1 is 0.759 bits per heavy atom. The monoisotopic (exact) mass is 397 g/mol. The molecule has 0 aliphatic heterocycles. The van der Waals surface area contributed by atoms with Gasteiger partial charge in [-0.1, -0.05) is 84.2 Å². The van der Waals surface area contributed by atoms with Crippen LogP contribution in [0.5, 0.6) is 0 Å². The van der Waals surface area contributed by atoms with Crippen molar-refractivity contribution in [1.82, 2.24) is 4.90 Å². The van der Waals surface area contributed by atoms with Crippen molar-refractivity contribution in [3.05, 3.63) is 35.4 Å². The Morgan fingerprint density at radius 2 is 1.21 bits per heavy atom. The topological polar surface area (TPSA) is 3.24 Å². The first-order valence-electron chi connectivity index (χ1n) is 12.6. The maximum atomic E-state index is 3.03. The third-order valence-corrected chi connectivity index (χ3v) is 8.31. The molecule has 1 nitrogen and oxygen atoms in total. The summed E-state index contributed by atoms with van der Waals surface area (Å²) < 4.78 is 0. The van der Waals surface area contributed by atoms with Gasteiger partial charge < -0.3 is 0 Å². The van der Waals surface area contributed by atoms with Gasteiger partial charge in [-0.3, -0.25) is 4.90 Å². The van der Waals surface area contributed by atoms with E-state index >= 15 is 0 Å². The van der Waals surface area contributed by atoms with Crippen LogP contribution in [-0.4, -0.2) is 17.0 Å². The molecule has 0 bridgehead atoms. The number of hydrogen-bond donors (Lipinski definition) is 0. The predicted octanol–water partition coefficient (Wildman–Crippen LogP) is 7.72. The van der Waals surface area contributed by atoms with E-state index in [0.29, 0.717) is 0 Å². The summed E-state index contributed by atoms with van der Waals surface area (Å²) in [5.41, 5.74) is 2.88. The molecule has 1 heteroatoms. The summed E-state index contributed by atoms with van der Waals surface area (Å²) in [6.07, 6.45) is 8.47. The Hall–Kier alpha value is -0.820. The molecule has 29 heavy (non-hydrogen) atoms. The molecule has 0 aromatic heterocycles. The van der Waals surface area contributed by atoms with E-state index in [0.717, 1.165) is 54.1 Å². The van der Waals surface area contributed by atoms with Crippen molar-refractivity contribution in [3.8, 4) is 0 Å². The molecular weight excluding hydrogens is 350 g/mol. The zero-order chi connectivity index (χ0) is 21.1. The van der Waals surface area contributed by atoms with E-state index in [1.54, 1.807) is 0 Å². The van der Waals surface area contributed by atoms with Gasteiger partial charge in [0.25, 0.3) is 0 Å². The summed E-state index contributed by atoms with van der Waals surface area (Å²) in [4.78, 5) is 3.03. The summed E-state index contributed by atoms with van der Waals surface area (Å²) in [5, 5.41) is 0. The third kappa shape index (κ3) is 5.66. The molecule has 2 saturated carbocycles. The molecule has 0 N–H and O–H groups in total. The molecule has 0 amide bonds. The molecule has 0 saturated heterocycles. The lowest BCUT2D eigenvalue weighted by atomic mass is 9.69. The maximum absolute atomic E-state index is 3.03. The van der Waals surface area contributed by atoms with E-state index in [4.69, 9.17) is 0 Å². The number of nitrogens with zero attached hydrogens (tertiary/aromatic N) is 1. The van der Waals surface area contributed by atoms with Crippen LogP contribution in [0.1, 0.15) is 91.2 Å². The van der Waals surface area contributed by atoms with Gasteiger partial charge in [0.15, 0.2) is 0 Å². The van der Waals surface area contributed by atoms with Crippen LogP contribution in [0.15, 0.2) is 24.3 Å². The maximum Gasteiger partial charge on any atom is 0.0239 e. The van der Waals surface area contributed by atoms with Crippen molar-refractivity contribution in [2.24, 2.45) is 35.5 Å². The molecule has 1 aromatic rings. The van der Waals surface area contributed by atoms with E-state index in [9.17, 15) is 0 Å². The largest absolute Gasteiger partial charge is 0.293 e. The minimum Gasteiger partial charge on any atom is -0.293 e. The van der Waals surface area contributed by atoms with Crippen molar-refractivity contribution in [1.29, 1.82) is 0 Å². The van der Waals surface area contributed by atoms with Crippen molar-refractivity contribution in [2.45, 2.75) is 106 Å². The van der Waals surface area contributed by atoms with Crippen LogP contribution >= 0.6 is 0 Å². The minimum atomic E-state index is 0.747. The Kier molecular flexibility index (Phi) is 7.87. The van der Waals surface area contributed by atoms with Gasteiger partial charge in [0.2, 0.25) is 0 Å². The number of rotatable bonds is 6. The highest BCUT2D eigenvalue weighted by atomic mass is 15.2. The lowest BCUT2D eigenvalue weighted by molar-refractivity contribution is -0.0282. The van der Waals surface area contributed by atoms with Crippen LogP contribution in [0, 0.1) is 42.4 Å². The molecule has 0 heterocycles. The van der Waals surface area contributed by atoms with E-state index in [1.807, 2.05) is 0 Å². The summed E-state index contributed by atoms with van der Waals surface area (Å²) in [7, 11) is 0. The van der Waals surface area contributed by atoms with Crippen molar-refractivity contribution >= 4 is 0 Å². The highest BCUT2D eigenvalue weighted by molar-refractivity contribution is 5.21. The number of aryl methyl sites for hydroxylation is 1. The second-order valence-electron chi connectivity index (χ2n) is 11.4. The average molecular weight is 398 g/mol. The normalized spacial score (nSPS) is 33.6. The van der Waals surface area contributed by atoms with Gasteiger partial charge in [-0.2, -0.15) is 0 Å². The van der Waals surface area contributed by atoms with E-state index in [1.165, 1.54) is 49.7 Å². The fourth-order valence-electron chi connectivity index (χ4n) is 6.45. The lowest BCUT2D eigenvalue weighted by Gasteiger charge is -2.52. The fraction of sp³-hybridized carbons (Fsp3) is 0.786. The summed E-state index contributed by atoms with van der Waals surface area (Å²) in [6, 6.07) is 10.9. The van der Waals surface area contributed by atoms with Crippen molar-refractivity contribution < 1.29 is 0 Å². The van der Waals surface area contributed by atoms with Gasteiger partial charge in [-0.25, -0.2) is 0 Å². The van der Waals surface area contributed by atoms with Crippen LogP contribution in [0.2, 0.25) is 0 Å². The van der Waals surface area contributed by atoms with Gasteiger partial charge >= 0.3 is 0 Å². The van der Waals surface area contributed by atoms with Gasteiger partial charge in [-0.15, -0.1) is 0 Å². The van der Waals surface area contributed by atoms with Crippen LogP contribution in [0.3, 0.4) is 0 Å². The molecule has 164 valence electrons. The van der Waals surface area contributed by atoms with Crippen LogP contribution in [0.25, 0.3) is 0 Å². The SMILES string of the molecule is Cc1ccc(CN(C2CC(C)CCC2C(C)C)C2CC(C)CCC2C(C)C)cc1. The molecule has 2 fully saturated rings. The first kappa shape index (κ1) is 22.9. The Bertz CT molecular complexity index is 584. The molecule has 0 spiro atoms. The molecule has 6 unspecified atom stereocenters. The first-order chi connectivity index (χ1) is 13.8. The Balaban J connectivity index is 1.96. The molecule has 2 aliphatic carbocycles. The van der Waals surface area contributed by atoms with Gasteiger partial charge in [0.05, 0.1) is 0 Å². The highest BCUT2D eigenvalue weighted by Gasteiger charge is 2.42. The predicted molar refractivity (Wildman–Crippen MR) is 127 cm³/mol. The zero-order valence-corrected chi connectivity index (χ0v) is 20.3. The zero-order valence-electron chi connectivity index (χ0n) is 20.3. The second kappa shape index (κ2) is 9.99. The smallest absolute Gasteiger partial charge is 0.0239 e. The van der Waals surface area contributed by atoms with Gasteiger partial charge in [0, 0.05) is 18.6 Å². The molecular formula is C28H47N. The molecule has 3 rings (SSSR count). The Labute approximate surface area is 181 Å². The van der Waals surface area contributed by atoms with Crippen LogP contribution < -0.4 is 0 Å². The quantitative estimate of drug-likeness (QED) is 0.475. The number of benzene rings is 1. The third-order valence-electron chi connectivity index (χ3n) is 8.31. The van der Waals surface area contributed by atoms with Crippen molar-refractivity contribution in [2.75, 3.05) is 0 Å². The number of hydrogen-bond acceptors (Lipinski definition) is 1. The summed E-state index contributed by atoms with van der Waals surface area (Å²) in [5.74, 6) is 5.00. The highest BCUT2D eigenvalue weighted by Crippen LogP contribution is 2.43. The fourth-order valence-corrected chi connectivity index (χ4v) is 6.45. The molecule has 2 aliphatic rings. The minimum absolute atomic E-state index is 0.747. The summed E-state index contributed by atoms with van der Waals surface area (Å²) in [6.45, 7) is 18.2. The van der Waals surface area contributed by atoms with Gasteiger partial charge in [-0.05, 0) is 73.7 Å². The van der Waals surface area contributed by atoms with Gasteiger partial charge in [0.1, 0.15) is 0 Å². The van der Waals surface area contributed by atoms with Crippen molar-refractivity contribution in [3.63, 3.8) is 0 Å². The average Bonchev–Trinajstić information content (AvgIpc) is 2.67. The standard InChI is InChI=1S/C28H47N/c1-19(2)25-14-10-22(6)16-27(25)29(18-24-12-8-21(5)9-13-24)28-17-23(7)11-15-26(28)20(3)4/h8-9,12-13,19-20,22-23,25-28H,10-11,14-18H2,1-7H3. The Morgan fingerprint density at radius 3 is 1.62 bits per heavy atom. The molecule has 0 radical (unpaired) electrons. The first-order valence-corrected chi connectivity index (χ1v) is 12.6. The van der Waals surface area contributed by atoms with Crippen LogP contribution in [0.4, 0.5) is 0 Å². The van der Waals surface area contributed by atoms with E-state index in [2.05, 4.69) is 77.6 Å². The summed E-state index contributed by atoms with van der Waals surface area (Å²) >= 11 is 0. The van der Waals surface area contributed by atoms with E-state index < -0.39 is 0 Å². The molecule has 6 atom stereocenters. The lowest BCUT2D eigenvalue weighted by Crippen LogP contribution is -2.54. The molecule has 1 aromatic carbocycles. The second-order valence-corrected chi connectivity index (χ2v) is 11.4. The van der Waals surface area contributed by atoms with E-state index in [-0.39, 0.29) is 0 Å².